The Morgan fingerprint density at radius 3 is 2.23 bits per heavy atom. The number of benzene rings is 2. The van der Waals surface area contributed by atoms with Gasteiger partial charge in [0.2, 0.25) is 0 Å². The molecule has 108 valence electrons. The zero-order valence-electron chi connectivity index (χ0n) is 12.6. The molecule has 0 bridgehead atoms. The van der Waals surface area contributed by atoms with Crippen LogP contribution in [0, 0.1) is 0 Å². The summed E-state index contributed by atoms with van der Waals surface area (Å²) in [6, 6.07) is 18.0. The Bertz CT molecular complexity index is 876. The molecule has 0 unspecified atom stereocenters. The fraction of sp³-hybridized carbons (Fsp3) is 0.158. The van der Waals surface area contributed by atoms with Crippen LogP contribution in [0.4, 0.5) is 0 Å². The van der Waals surface area contributed by atoms with Gasteiger partial charge in [0, 0.05) is 22.7 Å². The highest BCUT2D eigenvalue weighted by atomic mass is 16.1. The van der Waals surface area contributed by atoms with E-state index >= 15 is 0 Å². The number of hydrogen-bond donors (Lipinski definition) is 0. The molecular weight excluding hydrogens is 272 g/mol. The van der Waals surface area contributed by atoms with E-state index in [1.807, 2.05) is 59.3 Å². The molecule has 0 saturated heterocycles. The van der Waals surface area contributed by atoms with Crippen LogP contribution in [0.15, 0.2) is 54.6 Å². The summed E-state index contributed by atoms with van der Waals surface area (Å²) in [4.78, 5) is 12.9. The van der Waals surface area contributed by atoms with Crippen molar-refractivity contribution in [1.29, 1.82) is 0 Å². The molecule has 1 aliphatic rings. The Morgan fingerprint density at radius 1 is 0.909 bits per heavy atom. The van der Waals surface area contributed by atoms with Crippen LogP contribution in [0.5, 0.6) is 0 Å². The van der Waals surface area contributed by atoms with Gasteiger partial charge in [0.25, 0.3) is 0 Å². The molecule has 1 aromatic heterocycles. The van der Waals surface area contributed by atoms with Crippen molar-refractivity contribution >= 4 is 5.78 Å². The van der Waals surface area contributed by atoms with Crippen molar-refractivity contribution in [2.24, 2.45) is 0 Å². The molecule has 3 aromatic rings. The minimum absolute atomic E-state index is 0.0800. The Morgan fingerprint density at radius 2 is 1.55 bits per heavy atom. The Balaban J connectivity index is 2.05. The van der Waals surface area contributed by atoms with Crippen molar-refractivity contribution in [1.82, 2.24) is 9.78 Å². The minimum atomic E-state index is 0.0800. The van der Waals surface area contributed by atoms with Gasteiger partial charge in [0.1, 0.15) is 5.69 Å². The maximum atomic E-state index is 12.9. The monoisotopic (exact) mass is 288 g/mol. The van der Waals surface area contributed by atoms with E-state index < -0.39 is 0 Å². The quantitative estimate of drug-likeness (QED) is 0.550. The number of aromatic nitrogens is 2. The van der Waals surface area contributed by atoms with Crippen LogP contribution in [0.1, 0.15) is 35.8 Å². The molecule has 0 aliphatic heterocycles. The highest BCUT2D eigenvalue weighted by Gasteiger charge is 2.34. The van der Waals surface area contributed by atoms with Crippen molar-refractivity contribution in [2.75, 3.05) is 0 Å². The van der Waals surface area contributed by atoms with E-state index in [1.165, 1.54) is 0 Å². The molecule has 1 heterocycles. The summed E-state index contributed by atoms with van der Waals surface area (Å²) in [6.07, 6.45) is 0. The maximum Gasteiger partial charge on any atom is 0.198 e. The third-order valence-electron chi connectivity index (χ3n) is 4.10. The third kappa shape index (κ3) is 1.69. The molecule has 3 heteroatoms. The van der Waals surface area contributed by atoms with Crippen LogP contribution in [0.2, 0.25) is 0 Å². The second kappa shape index (κ2) is 4.67. The number of carbonyl (C=O) groups is 1. The van der Waals surface area contributed by atoms with Crippen molar-refractivity contribution in [3.63, 3.8) is 0 Å². The summed E-state index contributed by atoms with van der Waals surface area (Å²) < 4.78 is 1.97. The van der Waals surface area contributed by atoms with E-state index in [0.717, 1.165) is 33.6 Å². The van der Waals surface area contributed by atoms with Gasteiger partial charge in [-0.25, -0.2) is 0 Å². The molecule has 0 fully saturated rings. The van der Waals surface area contributed by atoms with Crippen LogP contribution in [0.25, 0.3) is 22.5 Å². The van der Waals surface area contributed by atoms with Crippen molar-refractivity contribution in [2.45, 2.75) is 19.9 Å². The Hall–Kier alpha value is -2.68. The average Bonchev–Trinajstić information content (AvgIpc) is 3.06. The summed E-state index contributed by atoms with van der Waals surface area (Å²) in [5.74, 6) is 0.0800. The molecule has 1 aliphatic carbocycles. The summed E-state index contributed by atoms with van der Waals surface area (Å²) in [5, 5.41) is 4.75. The lowest BCUT2D eigenvalue weighted by molar-refractivity contribution is 0.104. The fourth-order valence-corrected chi connectivity index (χ4v) is 3.11. The number of rotatable bonds is 2. The minimum Gasteiger partial charge on any atom is -0.288 e. The average molecular weight is 288 g/mol. The first-order valence-corrected chi connectivity index (χ1v) is 7.50. The van der Waals surface area contributed by atoms with Crippen molar-refractivity contribution < 1.29 is 4.79 Å². The molecule has 0 amide bonds. The van der Waals surface area contributed by atoms with E-state index in [4.69, 9.17) is 5.10 Å². The number of carbonyl (C=O) groups excluding carboxylic acids is 1. The zero-order valence-corrected chi connectivity index (χ0v) is 12.6. The molecule has 0 spiro atoms. The summed E-state index contributed by atoms with van der Waals surface area (Å²) in [5.41, 5.74) is 5.21. The van der Waals surface area contributed by atoms with Gasteiger partial charge in [-0.2, -0.15) is 5.10 Å². The topological polar surface area (TPSA) is 34.9 Å². The SMILES string of the molecule is CC(C)n1nc2c(c1-c1ccccc1)C(=O)c1ccccc1-2. The third-order valence-corrected chi connectivity index (χ3v) is 4.10. The van der Waals surface area contributed by atoms with Crippen LogP contribution in [-0.4, -0.2) is 15.6 Å². The number of nitrogens with zero attached hydrogens (tertiary/aromatic N) is 2. The lowest BCUT2D eigenvalue weighted by Gasteiger charge is -2.12. The Kier molecular flexibility index (Phi) is 2.76. The lowest BCUT2D eigenvalue weighted by Crippen LogP contribution is -2.08. The highest BCUT2D eigenvalue weighted by Crippen LogP contribution is 2.42. The van der Waals surface area contributed by atoms with Gasteiger partial charge in [0.05, 0.1) is 11.3 Å². The van der Waals surface area contributed by atoms with Gasteiger partial charge in [-0.05, 0) is 13.8 Å². The summed E-state index contributed by atoms with van der Waals surface area (Å²) >= 11 is 0. The first-order chi connectivity index (χ1) is 10.7. The van der Waals surface area contributed by atoms with E-state index in [1.54, 1.807) is 0 Å². The van der Waals surface area contributed by atoms with Gasteiger partial charge in [0.15, 0.2) is 5.78 Å². The van der Waals surface area contributed by atoms with E-state index in [9.17, 15) is 4.79 Å². The van der Waals surface area contributed by atoms with Crippen LogP contribution in [0.3, 0.4) is 0 Å². The molecule has 0 saturated carbocycles. The number of ketones is 1. The largest absolute Gasteiger partial charge is 0.288 e. The molecule has 3 nitrogen and oxygen atoms in total. The normalized spacial score (nSPS) is 12.6. The highest BCUT2D eigenvalue weighted by molar-refractivity contribution is 6.23. The van der Waals surface area contributed by atoms with Gasteiger partial charge >= 0.3 is 0 Å². The van der Waals surface area contributed by atoms with E-state index in [0.29, 0.717) is 0 Å². The molecule has 0 N–H and O–H groups in total. The maximum absolute atomic E-state index is 12.9. The number of fused-ring (bicyclic) bond motifs is 3. The lowest BCUT2D eigenvalue weighted by atomic mass is 10.0. The van der Waals surface area contributed by atoms with Gasteiger partial charge < -0.3 is 0 Å². The molecule has 0 atom stereocenters. The van der Waals surface area contributed by atoms with Crippen LogP contribution < -0.4 is 0 Å². The predicted molar refractivity (Wildman–Crippen MR) is 86.9 cm³/mol. The molecule has 0 radical (unpaired) electrons. The second-order valence-corrected chi connectivity index (χ2v) is 5.85. The first kappa shape index (κ1) is 13.0. The molecule has 4 rings (SSSR count). The van der Waals surface area contributed by atoms with Gasteiger partial charge in [-0.15, -0.1) is 0 Å². The standard InChI is InChI=1S/C19H16N2O/c1-12(2)21-18(13-8-4-3-5-9-13)16-17(20-21)14-10-6-7-11-15(14)19(16)22/h3-12H,1-2H3. The van der Waals surface area contributed by atoms with Crippen LogP contribution in [-0.2, 0) is 0 Å². The number of hydrogen-bond acceptors (Lipinski definition) is 2. The first-order valence-electron chi connectivity index (χ1n) is 7.50. The van der Waals surface area contributed by atoms with Crippen molar-refractivity contribution in [3.8, 4) is 22.5 Å². The van der Waals surface area contributed by atoms with Gasteiger partial charge in [-0.1, -0.05) is 54.6 Å². The van der Waals surface area contributed by atoms with E-state index in [2.05, 4.69) is 13.8 Å². The summed E-state index contributed by atoms with van der Waals surface area (Å²) in [6.45, 7) is 4.18. The molecule has 22 heavy (non-hydrogen) atoms. The molecular formula is C19H16N2O. The predicted octanol–water partition coefficient (Wildman–Crippen LogP) is 4.34. The van der Waals surface area contributed by atoms with Crippen molar-refractivity contribution in [3.05, 3.63) is 65.7 Å². The van der Waals surface area contributed by atoms with Crippen LogP contribution >= 0.6 is 0 Å². The second-order valence-electron chi connectivity index (χ2n) is 5.85. The Labute approximate surface area is 129 Å². The zero-order chi connectivity index (χ0) is 15.3. The van der Waals surface area contributed by atoms with E-state index in [-0.39, 0.29) is 11.8 Å². The van der Waals surface area contributed by atoms with Gasteiger partial charge in [-0.3, -0.25) is 9.48 Å². The fourth-order valence-electron chi connectivity index (χ4n) is 3.11. The smallest absolute Gasteiger partial charge is 0.198 e. The summed E-state index contributed by atoms with van der Waals surface area (Å²) in [7, 11) is 0. The molecule has 2 aromatic carbocycles.